The van der Waals surface area contributed by atoms with Crippen molar-refractivity contribution in [1.29, 1.82) is 0 Å². The summed E-state index contributed by atoms with van der Waals surface area (Å²) in [5.74, 6) is 0.816. The Morgan fingerprint density at radius 3 is 2.75 bits per heavy atom. The highest BCUT2D eigenvalue weighted by atomic mass is 19.1. The van der Waals surface area contributed by atoms with Crippen molar-refractivity contribution in [3.05, 3.63) is 35.6 Å². The predicted octanol–water partition coefficient (Wildman–Crippen LogP) is 1.89. The van der Waals surface area contributed by atoms with E-state index in [2.05, 4.69) is 0 Å². The minimum atomic E-state index is -0.0848. The molecule has 0 aromatic heterocycles. The first-order valence-electron chi connectivity index (χ1n) is 4.27. The second-order valence-electron chi connectivity index (χ2n) is 3.36. The molecule has 0 amide bonds. The molecule has 2 atom stereocenters. The van der Waals surface area contributed by atoms with E-state index in [9.17, 15) is 4.39 Å². The van der Waals surface area contributed by atoms with Crippen LogP contribution in [0.1, 0.15) is 17.9 Å². The lowest BCUT2D eigenvalue weighted by molar-refractivity contribution is 0.606. The highest BCUT2D eigenvalue weighted by Gasteiger charge is 2.38. The smallest absolute Gasteiger partial charge is 0.126 e. The van der Waals surface area contributed by atoms with Crippen molar-refractivity contribution in [2.45, 2.75) is 12.3 Å². The van der Waals surface area contributed by atoms with Gasteiger partial charge in [0.05, 0.1) is 0 Å². The summed E-state index contributed by atoms with van der Waals surface area (Å²) in [4.78, 5) is 0. The van der Waals surface area contributed by atoms with Crippen molar-refractivity contribution in [3.63, 3.8) is 0 Å². The average molecular weight is 165 g/mol. The van der Waals surface area contributed by atoms with Crippen molar-refractivity contribution in [2.75, 3.05) is 6.54 Å². The van der Waals surface area contributed by atoms with Gasteiger partial charge in [0, 0.05) is 0 Å². The molecule has 2 heteroatoms. The second kappa shape index (κ2) is 2.87. The van der Waals surface area contributed by atoms with Gasteiger partial charge >= 0.3 is 0 Å². The number of benzene rings is 1. The van der Waals surface area contributed by atoms with Gasteiger partial charge in [-0.2, -0.15) is 0 Å². The third-order valence-corrected chi connectivity index (χ3v) is 2.53. The maximum atomic E-state index is 13.1. The fourth-order valence-corrected chi connectivity index (χ4v) is 1.66. The Morgan fingerprint density at radius 2 is 2.17 bits per heavy atom. The number of rotatable bonds is 2. The van der Waals surface area contributed by atoms with Crippen LogP contribution in [0.25, 0.3) is 0 Å². The van der Waals surface area contributed by atoms with Gasteiger partial charge in [-0.05, 0) is 36.4 Å². The van der Waals surface area contributed by atoms with Crippen molar-refractivity contribution < 1.29 is 4.39 Å². The van der Waals surface area contributed by atoms with Crippen LogP contribution in [0.3, 0.4) is 0 Å². The fourth-order valence-electron chi connectivity index (χ4n) is 1.66. The van der Waals surface area contributed by atoms with Crippen LogP contribution in [0.5, 0.6) is 0 Å². The first kappa shape index (κ1) is 7.74. The van der Waals surface area contributed by atoms with Crippen molar-refractivity contribution in [3.8, 4) is 0 Å². The Hall–Kier alpha value is -0.890. The topological polar surface area (TPSA) is 26.0 Å². The molecule has 0 unspecified atom stereocenters. The van der Waals surface area contributed by atoms with Gasteiger partial charge in [-0.15, -0.1) is 0 Å². The number of nitrogens with two attached hydrogens (primary N) is 1. The number of halogens is 1. The van der Waals surface area contributed by atoms with E-state index in [1.54, 1.807) is 6.07 Å². The van der Waals surface area contributed by atoms with E-state index < -0.39 is 0 Å². The molecule has 1 aromatic carbocycles. The molecular formula is C10H12FN. The molecule has 1 aromatic rings. The summed E-state index contributed by atoms with van der Waals surface area (Å²) in [6, 6.07) is 6.97. The summed E-state index contributed by atoms with van der Waals surface area (Å²) < 4.78 is 13.1. The van der Waals surface area contributed by atoms with Crippen molar-refractivity contribution >= 4 is 0 Å². The van der Waals surface area contributed by atoms with Gasteiger partial charge in [-0.25, -0.2) is 4.39 Å². The molecule has 0 saturated heterocycles. The summed E-state index contributed by atoms with van der Waals surface area (Å²) in [5, 5.41) is 0. The molecule has 1 fully saturated rings. The van der Waals surface area contributed by atoms with E-state index in [1.165, 1.54) is 6.07 Å². The minimum absolute atomic E-state index is 0.0848. The first-order valence-corrected chi connectivity index (χ1v) is 4.27. The van der Waals surface area contributed by atoms with Crippen LogP contribution in [0.4, 0.5) is 4.39 Å². The Labute approximate surface area is 71.4 Å². The van der Waals surface area contributed by atoms with Gasteiger partial charge in [-0.3, -0.25) is 0 Å². The van der Waals surface area contributed by atoms with Crippen LogP contribution < -0.4 is 5.73 Å². The normalized spacial score (nSPS) is 27.2. The van der Waals surface area contributed by atoms with E-state index in [0.717, 1.165) is 12.0 Å². The van der Waals surface area contributed by atoms with Gasteiger partial charge < -0.3 is 5.73 Å². The lowest BCUT2D eigenvalue weighted by Gasteiger charge is -1.99. The Bertz CT molecular complexity index is 285. The largest absolute Gasteiger partial charge is 0.330 e. The lowest BCUT2D eigenvalue weighted by Crippen LogP contribution is -2.02. The molecule has 1 aliphatic rings. The molecule has 2 N–H and O–H groups in total. The molecule has 0 radical (unpaired) electrons. The zero-order chi connectivity index (χ0) is 8.55. The highest BCUT2D eigenvalue weighted by molar-refractivity contribution is 5.27. The SMILES string of the molecule is NC[C@H]1C[C@H]1c1ccccc1F. The Morgan fingerprint density at radius 1 is 1.42 bits per heavy atom. The second-order valence-corrected chi connectivity index (χ2v) is 3.36. The van der Waals surface area contributed by atoms with Crippen LogP contribution in [-0.2, 0) is 0 Å². The third kappa shape index (κ3) is 1.23. The average Bonchev–Trinajstić information content (AvgIpc) is 2.84. The van der Waals surface area contributed by atoms with Crippen molar-refractivity contribution in [2.24, 2.45) is 11.7 Å². The van der Waals surface area contributed by atoms with Gasteiger partial charge in [0.25, 0.3) is 0 Å². The number of hydrogen-bond acceptors (Lipinski definition) is 1. The van der Waals surface area contributed by atoms with Gasteiger partial charge in [0.1, 0.15) is 5.82 Å². The molecule has 12 heavy (non-hydrogen) atoms. The van der Waals surface area contributed by atoms with E-state index in [-0.39, 0.29) is 5.82 Å². The van der Waals surface area contributed by atoms with E-state index >= 15 is 0 Å². The zero-order valence-corrected chi connectivity index (χ0v) is 6.83. The monoisotopic (exact) mass is 165 g/mol. The maximum Gasteiger partial charge on any atom is 0.126 e. The van der Waals surface area contributed by atoms with Gasteiger partial charge in [-0.1, -0.05) is 18.2 Å². The first-order chi connectivity index (χ1) is 5.83. The molecule has 0 bridgehead atoms. The van der Waals surface area contributed by atoms with E-state index in [0.29, 0.717) is 18.4 Å². The van der Waals surface area contributed by atoms with Crippen molar-refractivity contribution in [1.82, 2.24) is 0 Å². The Kier molecular flexibility index (Phi) is 1.85. The van der Waals surface area contributed by atoms with E-state index in [1.807, 2.05) is 12.1 Å². The quantitative estimate of drug-likeness (QED) is 0.711. The molecule has 0 spiro atoms. The Balaban J connectivity index is 2.19. The predicted molar refractivity (Wildman–Crippen MR) is 46.3 cm³/mol. The van der Waals surface area contributed by atoms with Crippen LogP contribution in [-0.4, -0.2) is 6.54 Å². The van der Waals surface area contributed by atoms with Crippen LogP contribution >= 0.6 is 0 Å². The van der Waals surface area contributed by atoms with Crippen LogP contribution in [0.2, 0.25) is 0 Å². The summed E-state index contributed by atoms with van der Waals surface area (Å²) in [6.45, 7) is 0.680. The lowest BCUT2D eigenvalue weighted by atomic mass is 10.1. The van der Waals surface area contributed by atoms with Crippen LogP contribution in [0, 0.1) is 11.7 Å². The zero-order valence-electron chi connectivity index (χ0n) is 6.83. The number of hydrogen-bond donors (Lipinski definition) is 1. The highest BCUT2D eigenvalue weighted by Crippen LogP contribution is 2.47. The third-order valence-electron chi connectivity index (χ3n) is 2.53. The van der Waals surface area contributed by atoms with Gasteiger partial charge in [0.2, 0.25) is 0 Å². The minimum Gasteiger partial charge on any atom is -0.330 e. The fraction of sp³-hybridized carbons (Fsp3) is 0.400. The summed E-state index contributed by atoms with van der Waals surface area (Å²) in [5.41, 5.74) is 6.33. The maximum absolute atomic E-state index is 13.1. The molecule has 1 saturated carbocycles. The molecule has 2 rings (SSSR count). The molecule has 1 aliphatic carbocycles. The molecule has 0 heterocycles. The summed E-state index contributed by atoms with van der Waals surface area (Å²) >= 11 is 0. The molecule has 1 nitrogen and oxygen atoms in total. The standard InChI is InChI=1S/C10H12FN/c11-10-4-2-1-3-8(10)9-5-7(9)6-12/h1-4,7,9H,5-6,12H2/t7-,9-/m1/s1. The molecule has 0 aliphatic heterocycles. The molecular weight excluding hydrogens is 153 g/mol. The summed E-state index contributed by atoms with van der Waals surface area (Å²) in [6.07, 6.45) is 1.05. The summed E-state index contributed by atoms with van der Waals surface area (Å²) in [7, 11) is 0. The van der Waals surface area contributed by atoms with E-state index in [4.69, 9.17) is 5.73 Å². The molecule has 64 valence electrons. The van der Waals surface area contributed by atoms with Crippen LogP contribution in [0.15, 0.2) is 24.3 Å². The van der Waals surface area contributed by atoms with Gasteiger partial charge in [0.15, 0.2) is 0 Å².